The van der Waals surface area contributed by atoms with Gasteiger partial charge in [-0.05, 0) is 30.3 Å². The Labute approximate surface area is 152 Å². The summed E-state index contributed by atoms with van der Waals surface area (Å²) >= 11 is 1.47. The van der Waals surface area contributed by atoms with Gasteiger partial charge in [0, 0.05) is 5.69 Å². The van der Waals surface area contributed by atoms with E-state index < -0.39 is 5.97 Å². The molecule has 0 spiro atoms. The second kappa shape index (κ2) is 6.45. The number of benzene rings is 2. The van der Waals surface area contributed by atoms with Crippen LogP contribution in [0.1, 0.15) is 10.4 Å². The summed E-state index contributed by atoms with van der Waals surface area (Å²) in [6.45, 7) is 0. The van der Waals surface area contributed by atoms with E-state index in [4.69, 9.17) is 10.5 Å². The second-order valence-corrected chi connectivity index (χ2v) is 6.38. The molecule has 4 aromatic rings. The molecule has 0 radical (unpaired) electrons. The van der Waals surface area contributed by atoms with Crippen molar-refractivity contribution >= 4 is 45.1 Å². The topological polar surface area (TPSA) is 108 Å². The van der Waals surface area contributed by atoms with Crippen LogP contribution in [0.25, 0.3) is 15.3 Å². The predicted molar refractivity (Wildman–Crippen MR) is 100 cm³/mol. The van der Waals surface area contributed by atoms with Crippen LogP contribution in [0.2, 0.25) is 0 Å². The number of nitrogens with one attached hydrogen (secondary N) is 1. The SMILES string of the molecule is COC(=O)c1cccc(Nc2nc(N)n(-c3nc4ccccc4s3)n2)c1. The fourth-order valence-electron chi connectivity index (χ4n) is 2.44. The van der Waals surface area contributed by atoms with E-state index in [0.717, 1.165) is 10.2 Å². The standard InChI is InChI=1S/C17H14N6O2S/c1-25-14(24)10-5-4-6-11(9-10)19-16-21-15(18)23(22-16)17-20-12-7-2-3-8-13(12)26-17/h2-9H,1H3,(H3,18,19,21,22). The number of nitrogens with two attached hydrogens (primary N) is 1. The van der Waals surface area contributed by atoms with Crippen LogP contribution in [0.4, 0.5) is 17.6 Å². The molecular formula is C17H14N6O2S. The van der Waals surface area contributed by atoms with Gasteiger partial charge in [0.25, 0.3) is 0 Å². The van der Waals surface area contributed by atoms with E-state index in [1.807, 2.05) is 24.3 Å². The molecule has 2 aromatic carbocycles. The first kappa shape index (κ1) is 16.0. The van der Waals surface area contributed by atoms with Gasteiger partial charge in [-0.2, -0.15) is 9.67 Å². The Balaban J connectivity index is 1.63. The minimum absolute atomic E-state index is 0.218. The first-order valence-electron chi connectivity index (χ1n) is 7.68. The third-order valence-electron chi connectivity index (χ3n) is 3.64. The van der Waals surface area contributed by atoms with Crippen molar-refractivity contribution in [1.29, 1.82) is 0 Å². The molecule has 3 N–H and O–H groups in total. The lowest BCUT2D eigenvalue weighted by Gasteiger charge is -2.04. The van der Waals surface area contributed by atoms with Gasteiger partial charge in [0.15, 0.2) is 0 Å². The van der Waals surface area contributed by atoms with Crippen molar-refractivity contribution in [3.05, 3.63) is 54.1 Å². The van der Waals surface area contributed by atoms with Gasteiger partial charge in [-0.3, -0.25) is 0 Å². The average Bonchev–Trinajstić information content (AvgIpc) is 3.24. The highest BCUT2D eigenvalue weighted by Crippen LogP contribution is 2.26. The van der Waals surface area contributed by atoms with Crippen molar-refractivity contribution < 1.29 is 9.53 Å². The molecule has 0 fully saturated rings. The summed E-state index contributed by atoms with van der Waals surface area (Å²) in [5, 5.41) is 8.03. The minimum atomic E-state index is -0.416. The number of carbonyl (C=O) groups excluding carboxylic acids is 1. The summed E-state index contributed by atoms with van der Waals surface area (Å²) in [6.07, 6.45) is 0. The van der Waals surface area contributed by atoms with E-state index >= 15 is 0 Å². The summed E-state index contributed by atoms with van der Waals surface area (Å²) < 4.78 is 7.25. The van der Waals surface area contributed by atoms with Crippen molar-refractivity contribution in [3.8, 4) is 5.13 Å². The number of hydrogen-bond acceptors (Lipinski definition) is 8. The van der Waals surface area contributed by atoms with Gasteiger partial charge in [-0.15, -0.1) is 5.10 Å². The van der Waals surface area contributed by atoms with Crippen LogP contribution in [0.5, 0.6) is 0 Å². The van der Waals surface area contributed by atoms with Crippen molar-refractivity contribution in [3.63, 3.8) is 0 Å². The maximum atomic E-state index is 11.6. The minimum Gasteiger partial charge on any atom is -0.465 e. The summed E-state index contributed by atoms with van der Waals surface area (Å²) in [5.74, 6) is 0.112. The number of para-hydroxylation sites is 1. The van der Waals surface area contributed by atoms with Crippen LogP contribution in [0.3, 0.4) is 0 Å². The zero-order valence-corrected chi connectivity index (χ0v) is 14.5. The molecule has 8 nitrogen and oxygen atoms in total. The molecule has 130 valence electrons. The lowest BCUT2D eigenvalue weighted by Crippen LogP contribution is -2.02. The van der Waals surface area contributed by atoms with Crippen LogP contribution < -0.4 is 11.1 Å². The fraction of sp³-hybridized carbons (Fsp3) is 0.0588. The Hall–Kier alpha value is -3.46. The molecular weight excluding hydrogens is 352 g/mol. The van der Waals surface area contributed by atoms with Crippen LogP contribution in [0.15, 0.2) is 48.5 Å². The molecule has 0 atom stereocenters. The number of hydrogen-bond donors (Lipinski definition) is 2. The molecule has 2 aromatic heterocycles. The highest BCUT2D eigenvalue weighted by molar-refractivity contribution is 7.20. The molecule has 0 saturated carbocycles. The zero-order valence-electron chi connectivity index (χ0n) is 13.7. The van der Waals surface area contributed by atoms with Gasteiger partial charge >= 0.3 is 5.97 Å². The highest BCUT2D eigenvalue weighted by atomic mass is 32.1. The summed E-state index contributed by atoms with van der Waals surface area (Å²) in [4.78, 5) is 20.4. The van der Waals surface area contributed by atoms with E-state index in [0.29, 0.717) is 22.3 Å². The molecule has 0 saturated heterocycles. The van der Waals surface area contributed by atoms with Crippen LogP contribution in [-0.2, 0) is 4.74 Å². The van der Waals surface area contributed by atoms with Crippen LogP contribution in [-0.4, -0.2) is 32.8 Å². The van der Waals surface area contributed by atoms with E-state index in [9.17, 15) is 4.79 Å². The number of ether oxygens (including phenoxy) is 1. The first-order chi connectivity index (χ1) is 12.6. The third kappa shape index (κ3) is 2.95. The van der Waals surface area contributed by atoms with Crippen LogP contribution in [0, 0.1) is 0 Å². The second-order valence-electron chi connectivity index (χ2n) is 5.37. The number of esters is 1. The molecule has 2 heterocycles. The number of aromatic nitrogens is 4. The lowest BCUT2D eigenvalue weighted by molar-refractivity contribution is 0.0601. The van der Waals surface area contributed by atoms with Gasteiger partial charge in [-0.1, -0.05) is 29.5 Å². The normalized spacial score (nSPS) is 10.8. The summed E-state index contributed by atoms with van der Waals surface area (Å²) in [6, 6.07) is 14.7. The number of methoxy groups -OCH3 is 1. The van der Waals surface area contributed by atoms with Crippen molar-refractivity contribution in [1.82, 2.24) is 19.7 Å². The van der Waals surface area contributed by atoms with E-state index in [1.165, 1.54) is 23.1 Å². The van der Waals surface area contributed by atoms with Crippen molar-refractivity contribution in [2.75, 3.05) is 18.2 Å². The molecule has 9 heteroatoms. The van der Waals surface area contributed by atoms with Crippen molar-refractivity contribution in [2.45, 2.75) is 0 Å². The van der Waals surface area contributed by atoms with Gasteiger partial charge in [-0.25, -0.2) is 9.78 Å². The Kier molecular flexibility index (Phi) is 3.98. The number of nitrogen functional groups attached to an aromatic ring is 1. The van der Waals surface area contributed by atoms with E-state index in [2.05, 4.69) is 20.4 Å². The maximum absolute atomic E-state index is 11.6. The number of thiazole rings is 1. The molecule has 0 bridgehead atoms. The fourth-order valence-corrected chi connectivity index (χ4v) is 3.37. The number of nitrogens with zero attached hydrogens (tertiary/aromatic N) is 4. The predicted octanol–water partition coefficient (Wildman–Crippen LogP) is 2.99. The molecule has 4 rings (SSSR count). The molecule has 0 unspecified atom stereocenters. The van der Waals surface area contributed by atoms with Gasteiger partial charge in [0.1, 0.15) is 0 Å². The summed E-state index contributed by atoms with van der Waals surface area (Å²) in [5.41, 5.74) is 7.94. The molecule has 0 amide bonds. The largest absolute Gasteiger partial charge is 0.465 e. The number of carbonyl (C=O) groups is 1. The number of fused-ring (bicyclic) bond motifs is 1. The molecule has 0 aliphatic heterocycles. The Morgan fingerprint density at radius 1 is 1.19 bits per heavy atom. The molecule has 0 aliphatic carbocycles. The highest BCUT2D eigenvalue weighted by Gasteiger charge is 2.14. The Bertz CT molecular complexity index is 1070. The molecule has 0 aliphatic rings. The zero-order chi connectivity index (χ0) is 18.1. The quantitative estimate of drug-likeness (QED) is 0.535. The van der Waals surface area contributed by atoms with Gasteiger partial charge in [0.05, 0.1) is 22.9 Å². The number of anilines is 3. The lowest BCUT2D eigenvalue weighted by atomic mass is 10.2. The molecule has 26 heavy (non-hydrogen) atoms. The average molecular weight is 366 g/mol. The van der Waals surface area contributed by atoms with Crippen molar-refractivity contribution in [2.24, 2.45) is 0 Å². The van der Waals surface area contributed by atoms with Gasteiger partial charge in [0.2, 0.25) is 17.0 Å². The Morgan fingerprint density at radius 3 is 2.85 bits per heavy atom. The third-order valence-corrected chi connectivity index (χ3v) is 4.65. The van der Waals surface area contributed by atoms with Gasteiger partial charge < -0.3 is 15.8 Å². The number of rotatable bonds is 4. The maximum Gasteiger partial charge on any atom is 0.337 e. The smallest absolute Gasteiger partial charge is 0.337 e. The van der Waals surface area contributed by atoms with E-state index in [-0.39, 0.29) is 5.95 Å². The van der Waals surface area contributed by atoms with E-state index in [1.54, 1.807) is 24.3 Å². The summed E-state index contributed by atoms with van der Waals surface area (Å²) in [7, 11) is 1.34. The van der Waals surface area contributed by atoms with Crippen LogP contribution >= 0.6 is 11.3 Å². The first-order valence-corrected chi connectivity index (χ1v) is 8.49. The monoisotopic (exact) mass is 366 g/mol. The Morgan fingerprint density at radius 2 is 2.04 bits per heavy atom.